The third-order valence-electron chi connectivity index (χ3n) is 1.87. The average molecular weight is 370 g/mol. The second-order valence-electron chi connectivity index (χ2n) is 6.31. The fourth-order valence-corrected chi connectivity index (χ4v) is 1.26. The molecule has 0 spiro atoms. The molecule has 5 heteroatoms. The summed E-state index contributed by atoms with van der Waals surface area (Å²) in [6, 6.07) is 0. The fraction of sp³-hybridized carbons (Fsp3) is 0.923. The van der Waals surface area contributed by atoms with Crippen molar-refractivity contribution in [3.63, 3.8) is 0 Å². The molecule has 0 aliphatic carbocycles. The SMILES string of the molecule is CCNC(=NCCNC(C)(C)C)NC(C)(C)C.I. The minimum atomic E-state index is 0. The smallest absolute Gasteiger partial charge is 0.191 e. The van der Waals surface area contributed by atoms with Crippen LogP contribution in [0.5, 0.6) is 0 Å². The van der Waals surface area contributed by atoms with Crippen LogP contribution in [0.25, 0.3) is 0 Å². The predicted molar refractivity (Wildman–Crippen MR) is 92.0 cm³/mol. The van der Waals surface area contributed by atoms with Crippen molar-refractivity contribution in [1.29, 1.82) is 0 Å². The number of nitrogens with one attached hydrogen (secondary N) is 3. The van der Waals surface area contributed by atoms with Crippen LogP contribution in [0.1, 0.15) is 48.5 Å². The number of nitrogens with zero attached hydrogens (tertiary/aromatic N) is 1. The van der Waals surface area contributed by atoms with E-state index in [1.54, 1.807) is 0 Å². The van der Waals surface area contributed by atoms with Gasteiger partial charge in [0.15, 0.2) is 5.96 Å². The normalized spacial score (nSPS) is 12.9. The van der Waals surface area contributed by atoms with Crippen LogP contribution >= 0.6 is 24.0 Å². The molecule has 0 amide bonds. The minimum absolute atomic E-state index is 0. The first-order chi connectivity index (χ1) is 7.64. The van der Waals surface area contributed by atoms with Gasteiger partial charge < -0.3 is 16.0 Å². The number of aliphatic imine (C=N–C) groups is 1. The summed E-state index contributed by atoms with van der Waals surface area (Å²) in [5.41, 5.74) is 0.198. The highest BCUT2D eigenvalue weighted by Gasteiger charge is 2.11. The van der Waals surface area contributed by atoms with Gasteiger partial charge >= 0.3 is 0 Å². The Hall–Kier alpha value is -0.0400. The van der Waals surface area contributed by atoms with E-state index in [4.69, 9.17) is 0 Å². The highest BCUT2D eigenvalue weighted by Crippen LogP contribution is 1.98. The Morgan fingerprint density at radius 1 is 1.00 bits per heavy atom. The van der Waals surface area contributed by atoms with Gasteiger partial charge in [-0.25, -0.2) is 0 Å². The van der Waals surface area contributed by atoms with Crippen molar-refractivity contribution in [2.24, 2.45) is 4.99 Å². The van der Waals surface area contributed by atoms with E-state index in [1.165, 1.54) is 0 Å². The summed E-state index contributed by atoms with van der Waals surface area (Å²) in [7, 11) is 0. The molecule has 0 bridgehead atoms. The van der Waals surface area contributed by atoms with Crippen LogP contribution in [0, 0.1) is 0 Å². The zero-order valence-electron chi connectivity index (χ0n) is 13.0. The molecular weight excluding hydrogens is 339 g/mol. The Balaban J connectivity index is 0. The van der Waals surface area contributed by atoms with E-state index >= 15 is 0 Å². The summed E-state index contributed by atoms with van der Waals surface area (Å²) in [5, 5.41) is 10.0. The molecule has 0 atom stereocenters. The Labute approximate surface area is 130 Å². The second kappa shape index (κ2) is 8.96. The molecule has 0 unspecified atom stereocenters. The first-order valence-corrected chi connectivity index (χ1v) is 6.45. The Kier molecular flexibility index (Phi) is 10.1. The number of hydrogen-bond donors (Lipinski definition) is 3. The predicted octanol–water partition coefficient (Wildman–Crippen LogP) is 2.35. The summed E-state index contributed by atoms with van der Waals surface area (Å²) in [4.78, 5) is 4.53. The van der Waals surface area contributed by atoms with Crippen molar-refractivity contribution in [3.05, 3.63) is 0 Å². The van der Waals surface area contributed by atoms with E-state index in [1.807, 2.05) is 0 Å². The number of guanidine groups is 1. The molecule has 0 saturated carbocycles. The summed E-state index contributed by atoms with van der Waals surface area (Å²) >= 11 is 0. The van der Waals surface area contributed by atoms with Crippen molar-refractivity contribution in [3.8, 4) is 0 Å². The van der Waals surface area contributed by atoms with Crippen LogP contribution in [0.4, 0.5) is 0 Å². The van der Waals surface area contributed by atoms with Gasteiger partial charge in [0, 0.05) is 24.2 Å². The Bertz CT molecular complexity index is 238. The molecule has 0 aliphatic rings. The maximum absolute atomic E-state index is 4.53. The first kappa shape index (κ1) is 20.3. The molecule has 0 rings (SSSR count). The molecule has 3 N–H and O–H groups in total. The van der Waals surface area contributed by atoms with Crippen molar-refractivity contribution >= 4 is 29.9 Å². The average Bonchev–Trinajstić information content (AvgIpc) is 2.08. The van der Waals surface area contributed by atoms with Crippen LogP contribution in [0.3, 0.4) is 0 Å². The molecule has 0 fully saturated rings. The van der Waals surface area contributed by atoms with Gasteiger partial charge in [0.1, 0.15) is 0 Å². The quantitative estimate of drug-likeness (QED) is 0.308. The van der Waals surface area contributed by atoms with Crippen molar-refractivity contribution < 1.29 is 0 Å². The van der Waals surface area contributed by atoms with Gasteiger partial charge in [0.2, 0.25) is 0 Å². The van der Waals surface area contributed by atoms with Crippen molar-refractivity contribution in [1.82, 2.24) is 16.0 Å². The molecule has 0 aliphatic heterocycles. The zero-order chi connectivity index (χ0) is 13.5. The highest BCUT2D eigenvalue weighted by molar-refractivity contribution is 14.0. The van der Waals surface area contributed by atoms with Crippen LogP contribution in [0.2, 0.25) is 0 Å². The molecule has 0 saturated heterocycles. The first-order valence-electron chi connectivity index (χ1n) is 6.45. The van der Waals surface area contributed by atoms with E-state index in [9.17, 15) is 0 Å². The topological polar surface area (TPSA) is 48.5 Å². The van der Waals surface area contributed by atoms with Gasteiger partial charge in [-0.3, -0.25) is 4.99 Å². The van der Waals surface area contributed by atoms with E-state index in [0.29, 0.717) is 0 Å². The summed E-state index contributed by atoms with van der Waals surface area (Å²) in [6.07, 6.45) is 0. The third-order valence-corrected chi connectivity index (χ3v) is 1.87. The molecule has 0 aromatic rings. The maximum Gasteiger partial charge on any atom is 0.191 e. The highest BCUT2D eigenvalue weighted by atomic mass is 127. The number of hydrogen-bond acceptors (Lipinski definition) is 2. The lowest BCUT2D eigenvalue weighted by Gasteiger charge is -2.24. The zero-order valence-corrected chi connectivity index (χ0v) is 15.3. The van der Waals surface area contributed by atoms with Crippen LogP contribution in [-0.2, 0) is 0 Å². The minimum Gasteiger partial charge on any atom is -0.357 e. The van der Waals surface area contributed by atoms with Gasteiger partial charge in [-0.1, -0.05) is 0 Å². The summed E-state index contributed by atoms with van der Waals surface area (Å²) in [6.45, 7) is 17.5. The monoisotopic (exact) mass is 370 g/mol. The second-order valence-corrected chi connectivity index (χ2v) is 6.31. The van der Waals surface area contributed by atoms with Gasteiger partial charge in [0.25, 0.3) is 0 Å². The largest absolute Gasteiger partial charge is 0.357 e. The van der Waals surface area contributed by atoms with E-state index in [2.05, 4.69) is 69.4 Å². The molecule has 4 nitrogen and oxygen atoms in total. The number of halogens is 1. The van der Waals surface area contributed by atoms with E-state index < -0.39 is 0 Å². The van der Waals surface area contributed by atoms with Gasteiger partial charge in [-0.15, -0.1) is 24.0 Å². The lowest BCUT2D eigenvalue weighted by atomic mass is 10.1. The molecule has 0 aromatic carbocycles. The summed E-state index contributed by atoms with van der Waals surface area (Å²) in [5.74, 6) is 0.885. The summed E-state index contributed by atoms with van der Waals surface area (Å²) < 4.78 is 0. The van der Waals surface area contributed by atoms with Crippen LogP contribution in [0.15, 0.2) is 4.99 Å². The lowest BCUT2D eigenvalue weighted by Crippen LogP contribution is -2.48. The molecule has 0 heterocycles. The Morgan fingerprint density at radius 2 is 1.56 bits per heavy atom. The standard InChI is InChI=1S/C13H30N4.HI/c1-8-14-11(17-13(5,6)7)15-9-10-16-12(2,3)4;/h16H,8-10H2,1-7H3,(H2,14,15,17);1H. The van der Waals surface area contributed by atoms with Gasteiger partial charge in [-0.2, -0.15) is 0 Å². The molecule has 110 valence electrons. The fourth-order valence-electron chi connectivity index (χ4n) is 1.26. The Morgan fingerprint density at radius 3 is 1.94 bits per heavy atom. The molecule has 0 radical (unpaired) electrons. The van der Waals surface area contributed by atoms with Crippen molar-refractivity contribution in [2.75, 3.05) is 19.6 Å². The van der Waals surface area contributed by atoms with Crippen molar-refractivity contribution in [2.45, 2.75) is 59.5 Å². The van der Waals surface area contributed by atoms with Gasteiger partial charge in [-0.05, 0) is 48.5 Å². The maximum atomic E-state index is 4.53. The molecular formula is C13H31IN4. The number of rotatable bonds is 4. The third kappa shape index (κ3) is 14.0. The lowest BCUT2D eigenvalue weighted by molar-refractivity contribution is 0.432. The van der Waals surface area contributed by atoms with Crippen LogP contribution < -0.4 is 16.0 Å². The van der Waals surface area contributed by atoms with E-state index in [0.717, 1.165) is 25.6 Å². The van der Waals surface area contributed by atoms with Gasteiger partial charge in [0.05, 0.1) is 6.54 Å². The molecule has 0 aromatic heterocycles. The molecule has 18 heavy (non-hydrogen) atoms. The van der Waals surface area contributed by atoms with Crippen LogP contribution in [-0.4, -0.2) is 36.7 Å². The van der Waals surface area contributed by atoms with E-state index in [-0.39, 0.29) is 35.1 Å².